The topological polar surface area (TPSA) is 112 Å². The SMILES string of the molecule is COC(=O)c1cccc(OC2=CC(O)N(C)c3c2c(=O)n(Cc2ccc(OC)cc2)c(=O)n3-c2ccc(I)cc2F)c1C. The largest absolute Gasteiger partial charge is 0.497 e. The van der Waals surface area contributed by atoms with Crippen LogP contribution in [-0.2, 0) is 11.3 Å². The molecule has 2 heterocycles. The van der Waals surface area contributed by atoms with Crippen molar-refractivity contribution >= 4 is 40.1 Å². The number of aliphatic hydroxyl groups excluding tert-OH is 1. The standard InChI is InChI=1S/C31H27FIN3O7/c1-17-21(30(39)42-4)6-5-7-24(17)43-25-15-26(37)34(2)28-27(25)29(38)35(16-18-8-11-20(41-3)12-9-18)31(40)36(28)23-13-10-19(33)14-22(23)32/h5-15,26,37H,16H2,1-4H3. The number of nitrogens with zero attached hydrogens (tertiary/aromatic N) is 3. The summed E-state index contributed by atoms with van der Waals surface area (Å²) in [5, 5.41) is 11.0. The second-order valence-corrected chi connectivity index (χ2v) is 11.0. The molecule has 12 heteroatoms. The van der Waals surface area contributed by atoms with Crippen molar-refractivity contribution in [3.63, 3.8) is 0 Å². The number of fused-ring (bicyclic) bond motifs is 1. The molecule has 5 rings (SSSR count). The van der Waals surface area contributed by atoms with Crippen LogP contribution in [0.5, 0.6) is 11.5 Å². The van der Waals surface area contributed by atoms with E-state index < -0.39 is 29.3 Å². The fourth-order valence-electron chi connectivity index (χ4n) is 4.84. The van der Waals surface area contributed by atoms with Gasteiger partial charge in [-0.1, -0.05) is 18.2 Å². The Morgan fingerprint density at radius 3 is 2.44 bits per heavy atom. The number of carbonyl (C=O) groups is 1. The van der Waals surface area contributed by atoms with Crippen molar-refractivity contribution in [2.24, 2.45) is 0 Å². The molecule has 3 aromatic carbocycles. The Hall–Kier alpha value is -4.43. The molecule has 1 aromatic heterocycles. The van der Waals surface area contributed by atoms with Gasteiger partial charge in [-0.3, -0.25) is 9.36 Å². The molecule has 10 nitrogen and oxygen atoms in total. The van der Waals surface area contributed by atoms with E-state index in [1.165, 1.54) is 44.4 Å². The van der Waals surface area contributed by atoms with Gasteiger partial charge in [0, 0.05) is 22.3 Å². The smallest absolute Gasteiger partial charge is 0.338 e. The predicted octanol–water partition coefficient (Wildman–Crippen LogP) is 4.08. The third-order valence-corrected chi connectivity index (χ3v) is 7.83. The summed E-state index contributed by atoms with van der Waals surface area (Å²) in [5.74, 6) is -0.598. The first-order chi connectivity index (χ1) is 20.5. The molecule has 0 fully saturated rings. The second-order valence-electron chi connectivity index (χ2n) is 9.73. The molecular formula is C31H27FIN3O7. The van der Waals surface area contributed by atoms with E-state index in [0.29, 0.717) is 20.4 Å². The van der Waals surface area contributed by atoms with Gasteiger partial charge in [-0.25, -0.2) is 18.5 Å². The lowest BCUT2D eigenvalue weighted by atomic mass is 10.1. The van der Waals surface area contributed by atoms with Crippen LogP contribution in [0.2, 0.25) is 0 Å². The van der Waals surface area contributed by atoms with Crippen molar-refractivity contribution in [2.45, 2.75) is 19.7 Å². The van der Waals surface area contributed by atoms with Crippen LogP contribution in [0.1, 0.15) is 27.0 Å². The van der Waals surface area contributed by atoms with E-state index >= 15 is 4.39 Å². The molecule has 0 aliphatic carbocycles. The number of ether oxygens (including phenoxy) is 3. The number of hydrogen-bond donors (Lipinski definition) is 1. The first-order valence-electron chi connectivity index (χ1n) is 13.0. The third-order valence-electron chi connectivity index (χ3n) is 7.15. The average Bonchev–Trinajstić information content (AvgIpc) is 2.99. The van der Waals surface area contributed by atoms with Gasteiger partial charge in [0.2, 0.25) is 0 Å². The first kappa shape index (κ1) is 30.0. The van der Waals surface area contributed by atoms with Crippen LogP contribution in [0.15, 0.2) is 76.3 Å². The summed E-state index contributed by atoms with van der Waals surface area (Å²) in [6, 6.07) is 15.9. The van der Waals surface area contributed by atoms with E-state index in [2.05, 4.69) is 0 Å². The summed E-state index contributed by atoms with van der Waals surface area (Å²) < 4.78 is 34.4. The minimum absolute atomic E-state index is 0.0622. The summed E-state index contributed by atoms with van der Waals surface area (Å²) in [6.45, 7) is 1.51. The molecule has 0 saturated carbocycles. The minimum atomic E-state index is -1.35. The number of halogens is 2. The lowest BCUT2D eigenvalue weighted by Gasteiger charge is -2.33. The van der Waals surface area contributed by atoms with Gasteiger partial charge in [0.15, 0.2) is 6.23 Å². The zero-order valence-corrected chi connectivity index (χ0v) is 25.8. The summed E-state index contributed by atoms with van der Waals surface area (Å²) >= 11 is 1.96. The Morgan fingerprint density at radius 1 is 1.07 bits per heavy atom. The van der Waals surface area contributed by atoms with Crippen LogP contribution in [0.3, 0.4) is 0 Å². The van der Waals surface area contributed by atoms with Gasteiger partial charge in [0.05, 0.1) is 32.0 Å². The fourth-order valence-corrected chi connectivity index (χ4v) is 5.29. The molecule has 1 unspecified atom stereocenters. The Kier molecular flexibility index (Phi) is 8.42. The number of anilines is 1. The summed E-state index contributed by atoms with van der Waals surface area (Å²) in [5.41, 5.74) is -0.436. The summed E-state index contributed by atoms with van der Waals surface area (Å²) in [4.78, 5) is 41.8. The van der Waals surface area contributed by atoms with E-state index in [1.807, 2.05) is 22.6 Å². The molecule has 1 atom stereocenters. The van der Waals surface area contributed by atoms with E-state index in [-0.39, 0.29) is 40.7 Å². The van der Waals surface area contributed by atoms with Gasteiger partial charge < -0.3 is 24.2 Å². The van der Waals surface area contributed by atoms with Crippen LogP contribution in [0, 0.1) is 16.3 Å². The molecule has 0 saturated heterocycles. The maximum absolute atomic E-state index is 15.5. The van der Waals surface area contributed by atoms with E-state index in [0.717, 1.165) is 9.13 Å². The van der Waals surface area contributed by atoms with Crippen molar-refractivity contribution < 1.29 is 28.5 Å². The zero-order valence-electron chi connectivity index (χ0n) is 23.6. The van der Waals surface area contributed by atoms with Crippen LogP contribution >= 0.6 is 22.6 Å². The maximum Gasteiger partial charge on any atom is 0.338 e. The molecule has 1 aliphatic heterocycles. The fraction of sp³-hybridized carbons (Fsp3) is 0.194. The first-order valence-corrected chi connectivity index (χ1v) is 14.1. The molecule has 4 aromatic rings. The van der Waals surface area contributed by atoms with Crippen LogP contribution in [0.4, 0.5) is 10.2 Å². The highest BCUT2D eigenvalue weighted by molar-refractivity contribution is 14.1. The number of hydrogen-bond acceptors (Lipinski definition) is 8. The summed E-state index contributed by atoms with van der Waals surface area (Å²) in [6.07, 6.45) is -0.0360. The van der Waals surface area contributed by atoms with Crippen molar-refractivity contribution in [2.75, 3.05) is 26.2 Å². The Labute approximate surface area is 259 Å². The lowest BCUT2D eigenvalue weighted by molar-refractivity contribution is 0.0599. The van der Waals surface area contributed by atoms with Gasteiger partial charge in [-0.2, -0.15) is 0 Å². The average molecular weight is 699 g/mol. The molecule has 0 bridgehead atoms. The predicted molar refractivity (Wildman–Crippen MR) is 167 cm³/mol. The second kappa shape index (κ2) is 12.1. The monoisotopic (exact) mass is 699 g/mol. The van der Waals surface area contributed by atoms with Crippen LogP contribution in [0.25, 0.3) is 11.4 Å². The quantitative estimate of drug-likeness (QED) is 0.227. The van der Waals surface area contributed by atoms with Gasteiger partial charge in [-0.05, 0) is 77.5 Å². The molecule has 0 spiro atoms. The molecule has 1 N–H and O–H groups in total. The minimum Gasteiger partial charge on any atom is -0.497 e. The van der Waals surface area contributed by atoms with Gasteiger partial charge in [-0.15, -0.1) is 0 Å². The zero-order chi connectivity index (χ0) is 31.0. The highest BCUT2D eigenvalue weighted by Crippen LogP contribution is 2.35. The maximum atomic E-state index is 15.5. The Bertz CT molecular complexity index is 1880. The normalized spacial score (nSPS) is 14.2. The number of aliphatic hydroxyl groups is 1. The van der Waals surface area contributed by atoms with Crippen LogP contribution in [-0.4, -0.2) is 47.7 Å². The molecule has 43 heavy (non-hydrogen) atoms. The lowest BCUT2D eigenvalue weighted by Crippen LogP contribution is -2.48. The number of likely N-dealkylation sites (N-methyl/N-ethyl adjacent to an activating group) is 1. The molecule has 0 amide bonds. The van der Waals surface area contributed by atoms with E-state index in [4.69, 9.17) is 14.2 Å². The Balaban J connectivity index is 1.77. The van der Waals surface area contributed by atoms with Gasteiger partial charge in [0.25, 0.3) is 5.56 Å². The van der Waals surface area contributed by atoms with Gasteiger partial charge in [0.1, 0.15) is 34.5 Å². The number of rotatable bonds is 7. The molecule has 0 radical (unpaired) electrons. The number of carbonyl (C=O) groups excluding carboxylic acids is 1. The van der Waals surface area contributed by atoms with E-state index in [1.54, 1.807) is 55.5 Å². The highest BCUT2D eigenvalue weighted by Gasteiger charge is 2.34. The number of benzene rings is 3. The van der Waals surface area contributed by atoms with Crippen molar-refractivity contribution in [3.8, 4) is 17.2 Å². The third kappa shape index (κ3) is 5.55. The van der Waals surface area contributed by atoms with Crippen molar-refractivity contribution in [3.05, 3.63) is 119 Å². The van der Waals surface area contributed by atoms with Crippen molar-refractivity contribution in [1.29, 1.82) is 0 Å². The summed E-state index contributed by atoms with van der Waals surface area (Å²) in [7, 11) is 4.27. The highest BCUT2D eigenvalue weighted by atomic mass is 127. The van der Waals surface area contributed by atoms with Crippen molar-refractivity contribution in [1.82, 2.24) is 9.13 Å². The molecular weight excluding hydrogens is 672 g/mol. The number of methoxy groups -OCH3 is 2. The van der Waals surface area contributed by atoms with Crippen LogP contribution < -0.4 is 25.6 Å². The molecule has 222 valence electrons. The van der Waals surface area contributed by atoms with E-state index in [9.17, 15) is 19.5 Å². The Morgan fingerprint density at radius 2 is 1.79 bits per heavy atom. The number of aromatic nitrogens is 2. The molecule has 1 aliphatic rings. The number of esters is 1. The van der Waals surface area contributed by atoms with Gasteiger partial charge >= 0.3 is 11.7 Å².